The number of anilines is 3. The summed E-state index contributed by atoms with van der Waals surface area (Å²) in [6.07, 6.45) is 9.96. The lowest BCUT2D eigenvalue weighted by molar-refractivity contribution is 0.0519. The Hall–Kier alpha value is -3.83. The van der Waals surface area contributed by atoms with Crippen LogP contribution in [0.4, 0.5) is 17.8 Å². The molecule has 1 amide bonds. The average Bonchev–Trinajstić information content (AvgIpc) is 3.01. The Balaban J connectivity index is 1.14. The van der Waals surface area contributed by atoms with E-state index in [1.165, 1.54) is 32.1 Å². The molecule has 0 radical (unpaired) electrons. The van der Waals surface area contributed by atoms with Crippen molar-refractivity contribution < 1.29 is 14.3 Å². The first-order valence-corrected chi connectivity index (χ1v) is 14.1. The van der Waals surface area contributed by atoms with Crippen LogP contribution in [0.15, 0.2) is 54.9 Å². The molecule has 1 saturated carbocycles. The number of amides is 1. The Morgan fingerprint density at radius 2 is 1.40 bits per heavy atom. The predicted octanol–water partition coefficient (Wildman–Crippen LogP) is 3.75. The maximum absolute atomic E-state index is 12.0. The van der Waals surface area contributed by atoms with Gasteiger partial charge in [-0.2, -0.15) is 15.0 Å². The summed E-state index contributed by atoms with van der Waals surface area (Å²) in [5, 5.41) is 12.8. The van der Waals surface area contributed by atoms with Gasteiger partial charge in [0.1, 0.15) is 0 Å². The van der Waals surface area contributed by atoms with Gasteiger partial charge in [-0.25, -0.2) is 0 Å². The first-order valence-electron chi connectivity index (χ1n) is 14.1. The van der Waals surface area contributed by atoms with Gasteiger partial charge in [-0.3, -0.25) is 9.78 Å². The van der Waals surface area contributed by atoms with E-state index in [0.717, 1.165) is 12.1 Å². The van der Waals surface area contributed by atoms with Crippen LogP contribution in [0.1, 0.15) is 48.0 Å². The third-order valence-corrected chi connectivity index (χ3v) is 6.58. The van der Waals surface area contributed by atoms with Crippen LogP contribution in [0.2, 0.25) is 0 Å². The van der Waals surface area contributed by atoms with Gasteiger partial charge in [0.2, 0.25) is 17.8 Å². The first kappa shape index (κ1) is 29.2. The number of hydrogen-bond acceptors (Lipinski definition) is 10. The van der Waals surface area contributed by atoms with E-state index in [1.54, 1.807) is 24.5 Å². The number of aromatic nitrogens is 4. The summed E-state index contributed by atoms with van der Waals surface area (Å²) in [6.45, 7) is 4.26. The lowest BCUT2D eigenvalue weighted by Crippen LogP contribution is -2.27. The summed E-state index contributed by atoms with van der Waals surface area (Å²) in [7, 11) is 0. The molecule has 11 nitrogen and oxygen atoms in total. The van der Waals surface area contributed by atoms with Crippen molar-refractivity contribution >= 4 is 23.8 Å². The zero-order valence-electron chi connectivity index (χ0n) is 23.0. The highest BCUT2D eigenvalue weighted by atomic mass is 16.5. The van der Waals surface area contributed by atoms with Gasteiger partial charge in [-0.15, -0.1) is 0 Å². The molecule has 214 valence electrons. The molecule has 0 atom stereocenters. The summed E-state index contributed by atoms with van der Waals surface area (Å²) < 4.78 is 11.2. The van der Waals surface area contributed by atoms with E-state index >= 15 is 0 Å². The summed E-state index contributed by atoms with van der Waals surface area (Å²) >= 11 is 0. The molecular formula is C29H40N8O3. The van der Waals surface area contributed by atoms with E-state index in [0.29, 0.717) is 75.4 Å². The van der Waals surface area contributed by atoms with E-state index in [9.17, 15) is 4.79 Å². The molecule has 4 rings (SSSR count). The summed E-state index contributed by atoms with van der Waals surface area (Å²) in [4.78, 5) is 29.7. The van der Waals surface area contributed by atoms with Crippen molar-refractivity contribution in [3.63, 3.8) is 0 Å². The monoisotopic (exact) mass is 548 g/mol. The Kier molecular flexibility index (Phi) is 12.4. The van der Waals surface area contributed by atoms with Crippen LogP contribution < -0.4 is 21.3 Å². The molecule has 0 bridgehead atoms. The van der Waals surface area contributed by atoms with Crippen molar-refractivity contribution in [2.45, 2.75) is 38.6 Å². The highest BCUT2D eigenvalue weighted by molar-refractivity contribution is 5.94. The number of pyridine rings is 1. The van der Waals surface area contributed by atoms with Gasteiger partial charge in [-0.05, 0) is 48.6 Å². The van der Waals surface area contributed by atoms with Crippen molar-refractivity contribution in [2.75, 3.05) is 62.0 Å². The molecular weight excluding hydrogens is 508 g/mol. The summed E-state index contributed by atoms with van der Waals surface area (Å²) in [5.41, 5.74) is 1.73. The van der Waals surface area contributed by atoms with Gasteiger partial charge in [0.05, 0.1) is 26.4 Å². The van der Waals surface area contributed by atoms with Crippen molar-refractivity contribution in [1.29, 1.82) is 0 Å². The number of carbonyl (C=O) groups is 1. The number of ether oxygens (including phenoxy) is 2. The van der Waals surface area contributed by atoms with Crippen LogP contribution in [0, 0.1) is 5.92 Å². The predicted molar refractivity (Wildman–Crippen MR) is 155 cm³/mol. The Bertz CT molecular complexity index is 1130. The van der Waals surface area contributed by atoms with Crippen molar-refractivity contribution in [2.24, 2.45) is 5.92 Å². The van der Waals surface area contributed by atoms with Gasteiger partial charge in [0.15, 0.2) is 0 Å². The van der Waals surface area contributed by atoms with Gasteiger partial charge < -0.3 is 30.7 Å². The smallest absolute Gasteiger partial charge is 0.251 e. The summed E-state index contributed by atoms with van der Waals surface area (Å²) in [6, 6.07) is 13.0. The normalized spacial score (nSPS) is 13.5. The number of nitrogens with zero attached hydrogens (tertiary/aromatic N) is 4. The van der Waals surface area contributed by atoms with Crippen LogP contribution in [0.5, 0.6) is 0 Å². The second-order valence-electron chi connectivity index (χ2n) is 9.67. The standard InChI is InChI=1S/C29H40N8O3/c38-26(25-9-5-2-6-10-25)31-15-17-39-19-20-40-18-16-32-27-35-28(33-21-23-7-3-1-4-8-23)37-29(36-27)34-22-24-11-13-30-14-12-24/h2,5-6,9-14,23H,1,3-4,7-8,15-22H2,(H,31,38)(H3,32,33,34,35,36,37). The number of rotatable bonds is 17. The van der Waals surface area contributed by atoms with Gasteiger partial charge in [-0.1, -0.05) is 37.5 Å². The quantitative estimate of drug-likeness (QED) is 0.185. The van der Waals surface area contributed by atoms with Crippen LogP contribution >= 0.6 is 0 Å². The van der Waals surface area contributed by atoms with Crippen molar-refractivity contribution in [1.82, 2.24) is 25.3 Å². The zero-order valence-corrected chi connectivity index (χ0v) is 23.0. The molecule has 1 aliphatic rings. The van der Waals surface area contributed by atoms with Crippen LogP contribution in [0.3, 0.4) is 0 Å². The molecule has 1 aromatic carbocycles. The topological polar surface area (TPSA) is 135 Å². The first-order chi connectivity index (χ1) is 19.8. The number of hydrogen-bond donors (Lipinski definition) is 4. The van der Waals surface area contributed by atoms with Gasteiger partial charge in [0.25, 0.3) is 5.91 Å². The van der Waals surface area contributed by atoms with E-state index < -0.39 is 0 Å². The third kappa shape index (κ3) is 10.7. The Labute approximate surface area is 235 Å². The lowest BCUT2D eigenvalue weighted by atomic mass is 9.89. The fourth-order valence-electron chi connectivity index (χ4n) is 4.41. The fourth-order valence-corrected chi connectivity index (χ4v) is 4.41. The van der Waals surface area contributed by atoms with Gasteiger partial charge in [0, 0.05) is 44.1 Å². The molecule has 2 heterocycles. The second-order valence-corrected chi connectivity index (χ2v) is 9.67. The molecule has 1 aliphatic carbocycles. The summed E-state index contributed by atoms with van der Waals surface area (Å²) in [5.74, 6) is 2.12. The zero-order chi connectivity index (χ0) is 27.7. The largest absolute Gasteiger partial charge is 0.377 e. The highest BCUT2D eigenvalue weighted by Crippen LogP contribution is 2.23. The lowest BCUT2D eigenvalue weighted by Gasteiger charge is -2.21. The Morgan fingerprint density at radius 1 is 0.750 bits per heavy atom. The molecule has 3 aromatic rings. The van der Waals surface area contributed by atoms with Gasteiger partial charge >= 0.3 is 0 Å². The van der Waals surface area contributed by atoms with Crippen molar-refractivity contribution in [3.8, 4) is 0 Å². The average molecular weight is 549 g/mol. The second kappa shape index (κ2) is 17.0. The van der Waals surface area contributed by atoms with Crippen LogP contribution in [-0.4, -0.2) is 71.9 Å². The van der Waals surface area contributed by atoms with E-state index in [2.05, 4.69) is 41.2 Å². The van der Waals surface area contributed by atoms with Crippen molar-refractivity contribution in [3.05, 3.63) is 66.0 Å². The highest BCUT2D eigenvalue weighted by Gasteiger charge is 2.14. The molecule has 1 fully saturated rings. The number of nitrogens with one attached hydrogen (secondary N) is 4. The molecule has 0 aliphatic heterocycles. The van der Waals surface area contributed by atoms with Crippen LogP contribution in [0.25, 0.3) is 0 Å². The molecule has 2 aromatic heterocycles. The van der Waals surface area contributed by atoms with E-state index in [1.807, 2.05) is 30.3 Å². The number of carbonyl (C=O) groups excluding carboxylic acids is 1. The molecule has 40 heavy (non-hydrogen) atoms. The van der Waals surface area contributed by atoms with Crippen LogP contribution in [-0.2, 0) is 16.0 Å². The number of benzene rings is 1. The molecule has 0 spiro atoms. The SMILES string of the molecule is O=C(NCCOCCOCCNc1nc(NCc2ccncc2)nc(NCC2CCCCC2)n1)c1ccccc1. The maximum atomic E-state index is 12.0. The Morgan fingerprint density at radius 3 is 2.12 bits per heavy atom. The molecule has 0 saturated heterocycles. The third-order valence-electron chi connectivity index (χ3n) is 6.58. The van der Waals surface area contributed by atoms with E-state index in [4.69, 9.17) is 9.47 Å². The molecule has 11 heteroatoms. The minimum Gasteiger partial charge on any atom is -0.377 e. The minimum atomic E-state index is -0.104. The van der Waals surface area contributed by atoms with E-state index in [-0.39, 0.29) is 5.91 Å². The fraction of sp³-hybridized carbons (Fsp3) is 0.483. The minimum absolute atomic E-state index is 0.104. The molecule has 4 N–H and O–H groups in total. The molecule has 0 unspecified atom stereocenters. The maximum Gasteiger partial charge on any atom is 0.251 e.